The van der Waals surface area contributed by atoms with Gasteiger partial charge in [0.2, 0.25) is 5.91 Å². The molecule has 0 radical (unpaired) electrons. The molecular formula is C16H21NO5. The molecule has 0 aliphatic carbocycles. The van der Waals surface area contributed by atoms with Gasteiger partial charge >= 0.3 is 5.97 Å². The lowest BCUT2D eigenvalue weighted by molar-refractivity contribution is -0.137. The molecule has 1 aliphatic heterocycles. The third-order valence-electron chi connectivity index (χ3n) is 3.53. The molecule has 22 heavy (non-hydrogen) atoms. The van der Waals surface area contributed by atoms with Gasteiger partial charge in [0, 0.05) is 13.1 Å². The van der Waals surface area contributed by atoms with Crippen molar-refractivity contribution in [1.82, 2.24) is 4.90 Å². The smallest absolute Gasteiger partial charge is 0.339 e. The summed E-state index contributed by atoms with van der Waals surface area (Å²) >= 11 is 0. The molecule has 0 bridgehead atoms. The van der Waals surface area contributed by atoms with Crippen LogP contribution in [0.5, 0.6) is 5.75 Å². The Kier molecular flexibility index (Phi) is 5.38. The molecule has 120 valence electrons. The first-order valence-corrected chi connectivity index (χ1v) is 7.39. The number of ether oxygens (including phenoxy) is 2. The van der Waals surface area contributed by atoms with Gasteiger partial charge in [-0.3, -0.25) is 4.79 Å². The van der Waals surface area contributed by atoms with Gasteiger partial charge in [0.05, 0.1) is 25.7 Å². The van der Waals surface area contributed by atoms with Crippen LogP contribution in [0.4, 0.5) is 0 Å². The maximum Gasteiger partial charge on any atom is 0.339 e. The van der Waals surface area contributed by atoms with E-state index in [1.807, 2.05) is 6.92 Å². The quantitative estimate of drug-likeness (QED) is 0.893. The normalized spacial score (nSPS) is 18.1. The van der Waals surface area contributed by atoms with Gasteiger partial charge in [0.1, 0.15) is 11.3 Å². The number of benzene rings is 1. The molecule has 0 unspecified atom stereocenters. The predicted molar refractivity (Wildman–Crippen MR) is 80.3 cm³/mol. The van der Waals surface area contributed by atoms with Crippen LogP contribution in [0.2, 0.25) is 0 Å². The number of carboxylic acids is 1. The van der Waals surface area contributed by atoms with Crippen molar-refractivity contribution in [2.24, 2.45) is 0 Å². The summed E-state index contributed by atoms with van der Waals surface area (Å²) in [6, 6.07) is 4.78. The molecule has 1 fully saturated rings. The number of hydrogen-bond acceptors (Lipinski definition) is 4. The molecule has 6 heteroatoms. The lowest BCUT2D eigenvalue weighted by Crippen LogP contribution is -2.45. The lowest BCUT2D eigenvalue weighted by atomic mass is 10.1. The first kappa shape index (κ1) is 16.3. The zero-order chi connectivity index (χ0) is 16.1. The molecular weight excluding hydrogens is 286 g/mol. The fourth-order valence-corrected chi connectivity index (χ4v) is 2.46. The van der Waals surface area contributed by atoms with Crippen LogP contribution in [0.1, 0.15) is 29.8 Å². The molecule has 1 aromatic rings. The second kappa shape index (κ2) is 7.26. The summed E-state index contributed by atoms with van der Waals surface area (Å²) in [5, 5.41) is 9.13. The van der Waals surface area contributed by atoms with E-state index < -0.39 is 5.97 Å². The number of amides is 1. The van der Waals surface area contributed by atoms with Gasteiger partial charge in [-0.15, -0.1) is 0 Å². The van der Waals surface area contributed by atoms with Crippen LogP contribution in [0.3, 0.4) is 0 Å². The number of carbonyl (C=O) groups is 2. The molecule has 1 saturated heterocycles. The van der Waals surface area contributed by atoms with Crippen molar-refractivity contribution in [3.8, 4) is 5.75 Å². The molecule has 0 aromatic heterocycles. The van der Waals surface area contributed by atoms with Crippen LogP contribution in [0, 0.1) is 0 Å². The summed E-state index contributed by atoms with van der Waals surface area (Å²) < 4.78 is 10.8. The number of carboxylic acid groups (broad SMARTS) is 1. The Labute approximate surface area is 129 Å². The van der Waals surface area contributed by atoms with Gasteiger partial charge in [-0.05, 0) is 31.5 Å². The maximum absolute atomic E-state index is 12.3. The Hall–Kier alpha value is -2.08. The number of rotatable bonds is 5. The predicted octanol–water partition coefficient (Wildman–Crippen LogP) is 1.57. The Bertz CT molecular complexity index is 557. The minimum Gasteiger partial charge on any atom is -0.493 e. The Morgan fingerprint density at radius 1 is 1.45 bits per heavy atom. The minimum absolute atomic E-state index is 0.0145. The van der Waals surface area contributed by atoms with E-state index in [1.165, 1.54) is 6.07 Å². The summed E-state index contributed by atoms with van der Waals surface area (Å²) in [5.74, 6) is -0.723. The Balaban J connectivity index is 2.10. The Morgan fingerprint density at radius 3 is 2.86 bits per heavy atom. The number of hydrogen-bond donors (Lipinski definition) is 1. The van der Waals surface area contributed by atoms with Crippen molar-refractivity contribution in [3.63, 3.8) is 0 Å². The maximum atomic E-state index is 12.3. The highest BCUT2D eigenvalue weighted by atomic mass is 16.5. The van der Waals surface area contributed by atoms with Gasteiger partial charge < -0.3 is 19.5 Å². The van der Waals surface area contributed by atoms with E-state index in [9.17, 15) is 9.59 Å². The third kappa shape index (κ3) is 3.98. The molecule has 1 heterocycles. The van der Waals surface area contributed by atoms with E-state index in [0.29, 0.717) is 32.1 Å². The highest BCUT2D eigenvalue weighted by Crippen LogP contribution is 2.21. The molecule has 1 atom stereocenters. The highest BCUT2D eigenvalue weighted by molar-refractivity contribution is 5.91. The summed E-state index contributed by atoms with van der Waals surface area (Å²) in [6.45, 7) is 5.83. The van der Waals surface area contributed by atoms with E-state index in [-0.39, 0.29) is 24.0 Å². The lowest BCUT2D eigenvalue weighted by Gasteiger charge is -2.31. The molecule has 1 N–H and O–H groups in total. The van der Waals surface area contributed by atoms with E-state index in [1.54, 1.807) is 24.0 Å². The van der Waals surface area contributed by atoms with Crippen molar-refractivity contribution < 1.29 is 24.2 Å². The van der Waals surface area contributed by atoms with Gasteiger partial charge in [-0.1, -0.05) is 6.07 Å². The van der Waals surface area contributed by atoms with Crippen LogP contribution in [-0.2, 0) is 16.0 Å². The van der Waals surface area contributed by atoms with Crippen molar-refractivity contribution in [2.75, 3.05) is 26.3 Å². The number of morpholine rings is 1. The van der Waals surface area contributed by atoms with Crippen LogP contribution in [-0.4, -0.2) is 54.3 Å². The second-order valence-corrected chi connectivity index (χ2v) is 5.27. The van der Waals surface area contributed by atoms with Crippen LogP contribution >= 0.6 is 0 Å². The van der Waals surface area contributed by atoms with E-state index in [2.05, 4.69) is 0 Å². The van der Waals surface area contributed by atoms with Gasteiger partial charge in [-0.2, -0.15) is 0 Å². The summed E-state index contributed by atoms with van der Waals surface area (Å²) in [5.41, 5.74) is 0.857. The third-order valence-corrected chi connectivity index (χ3v) is 3.53. The number of nitrogens with zero attached hydrogens (tertiary/aromatic N) is 1. The highest BCUT2D eigenvalue weighted by Gasteiger charge is 2.22. The minimum atomic E-state index is -1.04. The first-order chi connectivity index (χ1) is 10.5. The summed E-state index contributed by atoms with van der Waals surface area (Å²) in [6.07, 6.45) is 0.276. The average Bonchev–Trinajstić information content (AvgIpc) is 2.47. The molecule has 1 aliphatic rings. The van der Waals surface area contributed by atoms with Gasteiger partial charge in [0.25, 0.3) is 0 Å². The van der Waals surface area contributed by atoms with E-state index >= 15 is 0 Å². The van der Waals surface area contributed by atoms with E-state index in [0.717, 1.165) is 5.56 Å². The van der Waals surface area contributed by atoms with Crippen molar-refractivity contribution in [3.05, 3.63) is 29.3 Å². The monoisotopic (exact) mass is 307 g/mol. The van der Waals surface area contributed by atoms with Crippen LogP contribution < -0.4 is 4.74 Å². The number of carbonyl (C=O) groups excluding carboxylic acids is 1. The summed E-state index contributed by atoms with van der Waals surface area (Å²) in [4.78, 5) is 25.2. The van der Waals surface area contributed by atoms with Crippen molar-refractivity contribution in [1.29, 1.82) is 0 Å². The molecule has 0 saturated carbocycles. The van der Waals surface area contributed by atoms with Crippen LogP contribution in [0.25, 0.3) is 0 Å². The second-order valence-electron chi connectivity index (χ2n) is 5.27. The topological polar surface area (TPSA) is 76.1 Å². The van der Waals surface area contributed by atoms with Crippen molar-refractivity contribution in [2.45, 2.75) is 26.4 Å². The molecule has 6 nitrogen and oxygen atoms in total. The van der Waals surface area contributed by atoms with Crippen molar-refractivity contribution >= 4 is 11.9 Å². The molecule has 0 spiro atoms. The number of aromatic carboxylic acids is 1. The summed E-state index contributed by atoms with van der Waals surface area (Å²) in [7, 11) is 0. The molecule has 2 rings (SSSR count). The zero-order valence-corrected chi connectivity index (χ0v) is 12.9. The van der Waals surface area contributed by atoms with Crippen LogP contribution in [0.15, 0.2) is 18.2 Å². The molecule has 1 aromatic carbocycles. The Morgan fingerprint density at radius 2 is 2.23 bits per heavy atom. The standard InChI is InChI=1S/C16H21NO5/c1-3-21-14-8-12(4-5-13(14)16(19)20)9-15(18)17-6-7-22-11(2)10-17/h4-5,8,11H,3,6-7,9-10H2,1-2H3,(H,19,20)/t11-/m1/s1. The SMILES string of the molecule is CCOc1cc(CC(=O)N2CCO[C@H](C)C2)ccc1C(=O)O. The average molecular weight is 307 g/mol. The largest absolute Gasteiger partial charge is 0.493 e. The van der Waals surface area contributed by atoms with Gasteiger partial charge in [0.15, 0.2) is 0 Å². The van der Waals surface area contributed by atoms with E-state index in [4.69, 9.17) is 14.6 Å². The zero-order valence-electron chi connectivity index (χ0n) is 12.9. The fraction of sp³-hybridized carbons (Fsp3) is 0.500. The fourth-order valence-electron chi connectivity index (χ4n) is 2.46. The molecule has 1 amide bonds. The first-order valence-electron chi connectivity index (χ1n) is 7.39. The van der Waals surface area contributed by atoms with Gasteiger partial charge in [-0.25, -0.2) is 4.79 Å².